The van der Waals surface area contributed by atoms with Crippen LogP contribution in [0.5, 0.6) is 0 Å². The Balaban J connectivity index is 2.66. The summed E-state index contributed by atoms with van der Waals surface area (Å²) in [5.41, 5.74) is 2.76. The molecule has 1 heterocycles. The molecule has 1 aromatic carbocycles. The van der Waals surface area contributed by atoms with Crippen LogP contribution in [0, 0.1) is 12.7 Å². The maximum absolute atomic E-state index is 14.2. The highest BCUT2D eigenvalue weighted by Gasteiger charge is 2.13. The molecule has 0 saturated heterocycles. The second-order valence-electron chi connectivity index (χ2n) is 4.66. The molecule has 0 bridgehead atoms. The fourth-order valence-corrected chi connectivity index (χ4v) is 2.70. The van der Waals surface area contributed by atoms with E-state index in [0.29, 0.717) is 9.86 Å². The summed E-state index contributed by atoms with van der Waals surface area (Å²) < 4.78 is 14.7. The summed E-state index contributed by atoms with van der Waals surface area (Å²) >= 11 is 3.26. The van der Waals surface area contributed by atoms with E-state index in [1.54, 1.807) is 6.07 Å². The van der Waals surface area contributed by atoms with Gasteiger partial charge in [0.15, 0.2) is 0 Å². The quantitative estimate of drug-likeness (QED) is 0.871. The Morgan fingerprint density at radius 3 is 2.68 bits per heavy atom. The molecule has 0 aliphatic carbocycles. The summed E-state index contributed by atoms with van der Waals surface area (Å²) in [5.74, 6) is 0.645. The summed E-state index contributed by atoms with van der Waals surface area (Å²) in [6, 6.07) is 3.69. The van der Waals surface area contributed by atoms with Crippen molar-refractivity contribution in [3.63, 3.8) is 0 Å². The van der Waals surface area contributed by atoms with Crippen LogP contribution < -0.4 is 5.32 Å². The number of rotatable bonds is 4. The Hall–Kier alpha value is -1.16. The third-order valence-corrected chi connectivity index (χ3v) is 3.76. The Morgan fingerprint density at radius 1 is 1.32 bits per heavy atom. The Bertz CT molecular complexity index is 611. The number of nitrogens with zero attached hydrogens (tertiary/aromatic N) is 1. The number of halogens is 2. The first-order valence-electron chi connectivity index (χ1n) is 6.60. The highest BCUT2D eigenvalue weighted by atomic mass is 79.9. The van der Waals surface area contributed by atoms with Crippen LogP contribution in [0.15, 0.2) is 16.6 Å². The molecular weight excluding hydrogens is 307 g/mol. The second-order valence-corrected chi connectivity index (χ2v) is 5.52. The first kappa shape index (κ1) is 14.3. The van der Waals surface area contributed by atoms with Crippen molar-refractivity contribution in [1.82, 2.24) is 4.98 Å². The lowest BCUT2D eigenvalue weighted by Crippen LogP contribution is -2.06. The van der Waals surface area contributed by atoms with E-state index in [2.05, 4.69) is 40.1 Å². The van der Waals surface area contributed by atoms with Crippen molar-refractivity contribution in [2.45, 2.75) is 33.6 Å². The average molecular weight is 325 g/mol. The number of nitrogens with one attached hydrogen (secondary N) is 1. The van der Waals surface area contributed by atoms with Crippen molar-refractivity contribution in [3.8, 4) is 0 Å². The molecule has 0 saturated carbocycles. The molecule has 2 aromatic rings. The summed E-state index contributed by atoms with van der Waals surface area (Å²) in [6.45, 7) is 7.00. The normalized spacial score (nSPS) is 11.0. The zero-order chi connectivity index (χ0) is 14.0. The van der Waals surface area contributed by atoms with Gasteiger partial charge in [-0.25, -0.2) is 9.37 Å². The molecule has 1 aromatic heterocycles. The second kappa shape index (κ2) is 5.87. The molecule has 0 fully saturated rings. The van der Waals surface area contributed by atoms with Crippen LogP contribution in [0.25, 0.3) is 10.9 Å². The highest BCUT2D eigenvalue weighted by Crippen LogP contribution is 2.30. The minimum Gasteiger partial charge on any atom is -0.370 e. The van der Waals surface area contributed by atoms with Gasteiger partial charge in [0.05, 0.1) is 9.99 Å². The first-order chi connectivity index (χ1) is 9.08. The number of benzene rings is 1. The van der Waals surface area contributed by atoms with E-state index < -0.39 is 0 Å². The third kappa shape index (κ3) is 2.73. The van der Waals surface area contributed by atoms with Crippen LogP contribution in [0.3, 0.4) is 0 Å². The van der Waals surface area contributed by atoms with E-state index >= 15 is 0 Å². The van der Waals surface area contributed by atoms with Crippen LogP contribution >= 0.6 is 15.9 Å². The maximum atomic E-state index is 14.2. The molecule has 4 heteroatoms. The smallest absolute Gasteiger partial charge is 0.146 e. The number of aryl methyl sites for hydroxylation is 2. The van der Waals surface area contributed by atoms with Crippen molar-refractivity contribution < 1.29 is 4.39 Å². The summed E-state index contributed by atoms with van der Waals surface area (Å²) in [6.07, 6.45) is 1.87. The van der Waals surface area contributed by atoms with Gasteiger partial charge in [-0.15, -0.1) is 0 Å². The van der Waals surface area contributed by atoms with Gasteiger partial charge in [-0.05, 0) is 59.0 Å². The molecule has 0 atom stereocenters. The summed E-state index contributed by atoms with van der Waals surface area (Å²) in [4.78, 5) is 4.61. The van der Waals surface area contributed by atoms with E-state index in [-0.39, 0.29) is 5.82 Å². The van der Waals surface area contributed by atoms with Crippen molar-refractivity contribution in [3.05, 3.63) is 33.5 Å². The van der Waals surface area contributed by atoms with Gasteiger partial charge in [-0.1, -0.05) is 13.8 Å². The number of anilines is 1. The van der Waals surface area contributed by atoms with Gasteiger partial charge in [-0.3, -0.25) is 0 Å². The van der Waals surface area contributed by atoms with Gasteiger partial charge in [0.1, 0.15) is 11.6 Å². The molecule has 19 heavy (non-hydrogen) atoms. The van der Waals surface area contributed by atoms with E-state index in [4.69, 9.17) is 0 Å². The molecule has 102 valence electrons. The van der Waals surface area contributed by atoms with Gasteiger partial charge in [0.25, 0.3) is 0 Å². The number of fused-ring (bicyclic) bond motifs is 1. The summed E-state index contributed by atoms with van der Waals surface area (Å²) in [5, 5.41) is 3.91. The van der Waals surface area contributed by atoms with Gasteiger partial charge in [0, 0.05) is 11.9 Å². The summed E-state index contributed by atoms with van der Waals surface area (Å²) in [7, 11) is 0. The van der Waals surface area contributed by atoms with E-state index in [9.17, 15) is 4.39 Å². The van der Waals surface area contributed by atoms with Crippen LogP contribution in [-0.4, -0.2) is 11.5 Å². The van der Waals surface area contributed by atoms with Crippen molar-refractivity contribution >= 4 is 32.7 Å². The van der Waals surface area contributed by atoms with Crippen molar-refractivity contribution in [1.29, 1.82) is 0 Å². The van der Waals surface area contributed by atoms with Crippen molar-refractivity contribution in [2.75, 3.05) is 11.9 Å². The van der Waals surface area contributed by atoms with Crippen LogP contribution in [0.1, 0.15) is 31.4 Å². The number of hydrogen-bond acceptors (Lipinski definition) is 2. The number of pyridine rings is 1. The molecule has 0 aliphatic heterocycles. The topological polar surface area (TPSA) is 24.9 Å². The molecule has 0 unspecified atom stereocenters. The molecule has 2 nitrogen and oxygen atoms in total. The third-order valence-electron chi connectivity index (χ3n) is 3.19. The molecule has 0 aliphatic rings. The molecule has 0 amide bonds. The zero-order valence-electron chi connectivity index (χ0n) is 11.5. The molecular formula is C15H18BrFN2. The Labute approximate surface area is 121 Å². The fourth-order valence-electron chi connectivity index (χ4n) is 2.14. The van der Waals surface area contributed by atoms with Gasteiger partial charge < -0.3 is 5.32 Å². The minimum absolute atomic E-state index is 0.232. The number of hydrogen-bond donors (Lipinski definition) is 1. The van der Waals surface area contributed by atoms with Crippen LogP contribution in [0.4, 0.5) is 10.2 Å². The Kier molecular flexibility index (Phi) is 4.40. The standard InChI is InChI=1S/C15H18BrFN2/c1-4-6-18-15-10(5-2)8-11-13(17)12(16)7-9(3)14(11)19-15/h7-8H,4-6H2,1-3H3,(H,18,19). The van der Waals surface area contributed by atoms with E-state index in [1.807, 2.05) is 13.0 Å². The lowest BCUT2D eigenvalue weighted by molar-refractivity contribution is 0.632. The van der Waals surface area contributed by atoms with Gasteiger partial charge in [0.2, 0.25) is 0 Å². The fraction of sp³-hybridized carbons (Fsp3) is 0.400. The molecule has 0 spiro atoms. The largest absolute Gasteiger partial charge is 0.370 e. The average Bonchev–Trinajstić information content (AvgIpc) is 2.41. The van der Waals surface area contributed by atoms with Crippen molar-refractivity contribution in [2.24, 2.45) is 0 Å². The SMILES string of the molecule is CCCNc1nc2c(C)cc(Br)c(F)c2cc1CC. The lowest BCUT2D eigenvalue weighted by Gasteiger charge is -2.13. The molecule has 0 radical (unpaired) electrons. The number of aromatic nitrogens is 1. The predicted octanol–water partition coefficient (Wildman–Crippen LogP) is 4.83. The monoisotopic (exact) mass is 324 g/mol. The predicted molar refractivity (Wildman–Crippen MR) is 82.3 cm³/mol. The molecule has 2 rings (SSSR count). The zero-order valence-corrected chi connectivity index (χ0v) is 13.1. The minimum atomic E-state index is -0.232. The maximum Gasteiger partial charge on any atom is 0.146 e. The first-order valence-corrected chi connectivity index (χ1v) is 7.39. The lowest BCUT2D eigenvalue weighted by atomic mass is 10.1. The highest BCUT2D eigenvalue weighted by molar-refractivity contribution is 9.10. The molecule has 1 N–H and O–H groups in total. The van der Waals surface area contributed by atoms with Crippen LogP contribution in [0.2, 0.25) is 0 Å². The van der Waals surface area contributed by atoms with Crippen LogP contribution in [-0.2, 0) is 6.42 Å². The van der Waals surface area contributed by atoms with E-state index in [0.717, 1.165) is 41.8 Å². The van der Waals surface area contributed by atoms with Gasteiger partial charge >= 0.3 is 0 Å². The van der Waals surface area contributed by atoms with E-state index in [1.165, 1.54) is 0 Å². The Morgan fingerprint density at radius 2 is 2.05 bits per heavy atom. The van der Waals surface area contributed by atoms with Gasteiger partial charge in [-0.2, -0.15) is 0 Å².